The van der Waals surface area contributed by atoms with Gasteiger partial charge in [0.05, 0.1) is 11.1 Å². The Kier molecular flexibility index (Phi) is 4.89. The summed E-state index contributed by atoms with van der Waals surface area (Å²) < 4.78 is 0. The number of carbonyl (C=O) groups is 3. The van der Waals surface area contributed by atoms with Crippen molar-refractivity contribution in [2.24, 2.45) is 0 Å². The van der Waals surface area contributed by atoms with Crippen molar-refractivity contribution in [3.63, 3.8) is 0 Å². The first-order valence-electron chi connectivity index (χ1n) is 8.67. The van der Waals surface area contributed by atoms with E-state index >= 15 is 0 Å². The van der Waals surface area contributed by atoms with Gasteiger partial charge in [-0.1, -0.05) is 56.3 Å². The number of nitrogens with one attached hydrogen (secondary N) is 1. The maximum Gasteiger partial charge on any atom is 0.261 e. The second-order valence-electron chi connectivity index (χ2n) is 7.08. The van der Waals surface area contributed by atoms with Gasteiger partial charge < -0.3 is 5.32 Å². The van der Waals surface area contributed by atoms with E-state index in [1.54, 1.807) is 24.3 Å². The van der Waals surface area contributed by atoms with Crippen LogP contribution in [0.1, 0.15) is 46.5 Å². The lowest BCUT2D eigenvalue weighted by Crippen LogP contribution is -2.39. The fourth-order valence-electron chi connectivity index (χ4n) is 3.05. The lowest BCUT2D eigenvalue weighted by atomic mass is 9.84. The number of nitrogens with zero attached hydrogens (tertiary/aromatic N) is 1. The molecular weight excluding hydrogens is 328 g/mol. The van der Waals surface area contributed by atoms with Gasteiger partial charge in [0, 0.05) is 24.9 Å². The van der Waals surface area contributed by atoms with E-state index in [-0.39, 0.29) is 36.1 Å². The van der Waals surface area contributed by atoms with Crippen molar-refractivity contribution in [1.29, 1.82) is 0 Å². The molecule has 2 aromatic carbocycles. The third-order valence-electron chi connectivity index (χ3n) is 4.72. The molecule has 5 nitrogen and oxygen atoms in total. The van der Waals surface area contributed by atoms with E-state index in [0.717, 1.165) is 10.5 Å². The van der Waals surface area contributed by atoms with Crippen molar-refractivity contribution in [3.8, 4) is 0 Å². The van der Waals surface area contributed by atoms with E-state index in [1.165, 1.54) is 0 Å². The van der Waals surface area contributed by atoms with E-state index in [1.807, 2.05) is 30.3 Å². The topological polar surface area (TPSA) is 66.5 Å². The fourth-order valence-corrected chi connectivity index (χ4v) is 3.05. The molecule has 0 saturated carbocycles. The first-order chi connectivity index (χ1) is 12.4. The molecule has 1 aliphatic rings. The van der Waals surface area contributed by atoms with E-state index in [4.69, 9.17) is 0 Å². The van der Waals surface area contributed by atoms with Gasteiger partial charge in [-0.2, -0.15) is 0 Å². The Bertz CT molecular complexity index is 808. The summed E-state index contributed by atoms with van der Waals surface area (Å²) in [6.07, 6.45) is 0.0936. The summed E-state index contributed by atoms with van der Waals surface area (Å²) in [7, 11) is 0. The van der Waals surface area contributed by atoms with Crippen LogP contribution in [0.25, 0.3) is 0 Å². The minimum absolute atomic E-state index is 0.0872. The smallest absolute Gasteiger partial charge is 0.261 e. The lowest BCUT2D eigenvalue weighted by molar-refractivity contribution is -0.121. The summed E-state index contributed by atoms with van der Waals surface area (Å²) in [6.45, 7) is 4.70. The molecular formula is C21H22N2O3. The van der Waals surface area contributed by atoms with Crippen LogP contribution in [-0.4, -0.2) is 35.7 Å². The Balaban J connectivity index is 1.54. The van der Waals surface area contributed by atoms with E-state index in [9.17, 15) is 14.4 Å². The molecule has 0 fully saturated rings. The van der Waals surface area contributed by atoms with Gasteiger partial charge in [0.1, 0.15) is 0 Å². The van der Waals surface area contributed by atoms with Gasteiger partial charge in [0.15, 0.2) is 0 Å². The van der Waals surface area contributed by atoms with E-state index < -0.39 is 0 Å². The Labute approximate surface area is 153 Å². The molecule has 2 aromatic rings. The lowest BCUT2D eigenvalue weighted by Gasteiger charge is -2.25. The minimum atomic E-state index is -0.331. The summed E-state index contributed by atoms with van der Waals surface area (Å²) in [4.78, 5) is 37.9. The predicted octanol–water partition coefficient (Wildman–Crippen LogP) is 2.77. The summed E-state index contributed by atoms with van der Waals surface area (Å²) in [5.74, 6) is -0.836. The quantitative estimate of drug-likeness (QED) is 0.815. The number of rotatable bonds is 6. The standard InChI is InChI=1S/C21H22N2O3/c1-21(2,15-8-4-3-5-9-15)14-22-18(24)12-13-23-19(25)16-10-6-7-11-17(16)20(23)26/h3-11H,12-14H2,1-2H3,(H,22,24). The maximum atomic E-state index is 12.3. The normalized spacial score (nSPS) is 13.7. The van der Waals surface area contributed by atoms with Crippen LogP contribution in [0.4, 0.5) is 0 Å². The number of hydrogen-bond donors (Lipinski definition) is 1. The molecule has 0 bridgehead atoms. The first-order valence-corrected chi connectivity index (χ1v) is 8.67. The highest BCUT2D eigenvalue weighted by molar-refractivity contribution is 6.21. The summed E-state index contributed by atoms with van der Waals surface area (Å²) in [5, 5.41) is 2.91. The van der Waals surface area contributed by atoms with Crippen molar-refractivity contribution >= 4 is 17.7 Å². The first kappa shape index (κ1) is 17.9. The van der Waals surface area contributed by atoms with Crippen LogP contribution in [0.15, 0.2) is 54.6 Å². The molecule has 1 heterocycles. The highest BCUT2D eigenvalue weighted by atomic mass is 16.2. The third kappa shape index (κ3) is 3.52. The van der Waals surface area contributed by atoms with Gasteiger partial charge in [-0.25, -0.2) is 0 Å². The van der Waals surface area contributed by atoms with Gasteiger partial charge in [0.25, 0.3) is 11.8 Å². The maximum absolute atomic E-state index is 12.3. The van der Waals surface area contributed by atoms with Crippen molar-refractivity contribution in [2.75, 3.05) is 13.1 Å². The van der Waals surface area contributed by atoms with Gasteiger partial charge in [-0.05, 0) is 17.7 Å². The number of fused-ring (bicyclic) bond motifs is 1. The second kappa shape index (κ2) is 7.12. The molecule has 0 radical (unpaired) electrons. The van der Waals surface area contributed by atoms with Crippen molar-refractivity contribution in [2.45, 2.75) is 25.7 Å². The zero-order valence-corrected chi connectivity index (χ0v) is 15.0. The van der Waals surface area contributed by atoms with Crippen LogP contribution in [0.2, 0.25) is 0 Å². The van der Waals surface area contributed by atoms with Crippen LogP contribution in [0, 0.1) is 0 Å². The highest BCUT2D eigenvalue weighted by Crippen LogP contribution is 2.23. The average Bonchev–Trinajstić information content (AvgIpc) is 2.90. The molecule has 5 heteroatoms. The monoisotopic (exact) mass is 350 g/mol. The SMILES string of the molecule is CC(C)(CNC(=O)CCN1C(=O)c2ccccc2C1=O)c1ccccc1. The highest BCUT2D eigenvalue weighted by Gasteiger charge is 2.35. The van der Waals surface area contributed by atoms with Gasteiger partial charge >= 0.3 is 0 Å². The molecule has 3 rings (SSSR count). The molecule has 134 valence electrons. The Morgan fingerprint density at radius 2 is 1.46 bits per heavy atom. The Morgan fingerprint density at radius 1 is 0.923 bits per heavy atom. The summed E-state index contributed by atoms with van der Waals surface area (Å²) in [5.41, 5.74) is 1.75. The fraction of sp³-hybridized carbons (Fsp3) is 0.286. The van der Waals surface area contributed by atoms with Gasteiger partial charge in [-0.3, -0.25) is 19.3 Å². The van der Waals surface area contributed by atoms with Crippen molar-refractivity contribution in [1.82, 2.24) is 10.2 Å². The summed E-state index contributed by atoms with van der Waals surface area (Å²) in [6, 6.07) is 16.7. The van der Waals surface area contributed by atoms with Crippen molar-refractivity contribution < 1.29 is 14.4 Å². The predicted molar refractivity (Wildman–Crippen MR) is 98.9 cm³/mol. The Morgan fingerprint density at radius 3 is 2.04 bits per heavy atom. The number of amides is 3. The van der Waals surface area contributed by atoms with Crippen LogP contribution in [0.5, 0.6) is 0 Å². The molecule has 0 atom stereocenters. The molecule has 0 unspecified atom stereocenters. The zero-order valence-electron chi connectivity index (χ0n) is 15.0. The number of hydrogen-bond acceptors (Lipinski definition) is 3. The molecule has 0 saturated heterocycles. The minimum Gasteiger partial charge on any atom is -0.355 e. The summed E-state index contributed by atoms with van der Waals surface area (Å²) >= 11 is 0. The molecule has 3 amide bonds. The van der Waals surface area contributed by atoms with Crippen LogP contribution >= 0.6 is 0 Å². The zero-order chi connectivity index (χ0) is 18.7. The van der Waals surface area contributed by atoms with E-state index in [2.05, 4.69) is 19.2 Å². The van der Waals surface area contributed by atoms with Crippen LogP contribution in [0.3, 0.4) is 0 Å². The van der Waals surface area contributed by atoms with Gasteiger partial charge in [0.2, 0.25) is 5.91 Å². The van der Waals surface area contributed by atoms with Crippen LogP contribution in [-0.2, 0) is 10.2 Å². The third-order valence-corrected chi connectivity index (χ3v) is 4.72. The average molecular weight is 350 g/mol. The number of imide groups is 1. The van der Waals surface area contributed by atoms with Crippen molar-refractivity contribution in [3.05, 3.63) is 71.3 Å². The van der Waals surface area contributed by atoms with Gasteiger partial charge in [-0.15, -0.1) is 0 Å². The largest absolute Gasteiger partial charge is 0.355 e. The molecule has 1 N–H and O–H groups in total. The molecule has 0 spiro atoms. The van der Waals surface area contributed by atoms with Crippen LogP contribution < -0.4 is 5.32 Å². The molecule has 26 heavy (non-hydrogen) atoms. The molecule has 0 aromatic heterocycles. The molecule has 0 aliphatic carbocycles. The van der Waals surface area contributed by atoms with E-state index in [0.29, 0.717) is 17.7 Å². The second-order valence-corrected chi connectivity index (χ2v) is 7.08. The number of benzene rings is 2. The number of carbonyl (C=O) groups excluding carboxylic acids is 3. The Hall–Kier alpha value is -2.95. The molecule has 1 aliphatic heterocycles.